The zero-order chi connectivity index (χ0) is 23.9. The van der Waals surface area contributed by atoms with Gasteiger partial charge < -0.3 is 0 Å². The van der Waals surface area contributed by atoms with Crippen LogP contribution in [-0.2, 0) is 5.92 Å². The van der Waals surface area contributed by atoms with Crippen LogP contribution in [0.2, 0.25) is 0 Å². The molecule has 0 amide bonds. The van der Waals surface area contributed by atoms with E-state index in [1.165, 1.54) is 89.7 Å². The highest BCUT2D eigenvalue weighted by Crippen LogP contribution is 2.47. The summed E-state index contributed by atoms with van der Waals surface area (Å²) in [6, 6.07) is 5.79. The van der Waals surface area contributed by atoms with Crippen LogP contribution in [0.1, 0.15) is 127 Å². The summed E-state index contributed by atoms with van der Waals surface area (Å²) in [5.74, 6) is -5.15. The van der Waals surface area contributed by atoms with E-state index in [-0.39, 0.29) is 6.42 Å². The second kappa shape index (κ2) is 12.1. The molecule has 1 aromatic rings. The van der Waals surface area contributed by atoms with Crippen molar-refractivity contribution in [1.29, 1.82) is 0 Å². The zero-order valence-corrected chi connectivity index (χ0v) is 20.7. The molecule has 3 rings (SSSR count). The zero-order valence-electron chi connectivity index (χ0n) is 20.7. The van der Waals surface area contributed by atoms with Crippen LogP contribution >= 0.6 is 0 Å². The van der Waals surface area contributed by atoms with Crippen LogP contribution in [0, 0.1) is 17.8 Å². The van der Waals surface area contributed by atoms with Crippen molar-refractivity contribution < 1.29 is 17.6 Å². The number of alkyl halides is 4. The highest BCUT2D eigenvalue weighted by atomic mass is 19.3. The molecule has 0 bridgehead atoms. The molecule has 33 heavy (non-hydrogen) atoms. The third-order valence-electron chi connectivity index (χ3n) is 8.56. The van der Waals surface area contributed by atoms with Gasteiger partial charge in [0.2, 0.25) is 0 Å². The van der Waals surface area contributed by atoms with Crippen molar-refractivity contribution in [1.82, 2.24) is 0 Å². The van der Waals surface area contributed by atoms with Crippen LogP contribution in [0.4, 0.5) is 17.6 Å². The van der Waals surface area contributed by atoms with Gasteiger partial charge in [-0.25, -0.2) is 0 Å². The fourth-order valence-corrected chi connectivity index (χ4v) is 6.38. The maximum Gasteiger partial charge on any atom is 0.335 e. The molecule has 0 saturated heterocycles. The normalized spacial score (nSPS) is 27.0. The molecule has 0 spiro atoms. The minimum absolute atomic E-state index is 0.0323. The van der Waals surface area contributed by atoms with Crippen LogP contribution in [0.5, 0.6) is 0 Å². The van der Waals surface area contributed by atoms with E-state index >= 15 is 0 Å². The summed E-state index contributed by atoms with van der Waals surface area (Å²) in [6.07, 6.45) is 16.3. The summed E-state index contributed by atoms with van der Waals surface area (Å²) in [7, 11) is 0. The number of benzene rings is 1. The van der Waals surface area contributed by atoms with Crippen molar-refractivity contribution in [3.8, 4) is 0 Å². The number of hydrogen-bond donors (Lipinski definition) is 0. The topological polar surface area (TPSA) is 0 Å². The van der Waals surface area contributed by atoms with Crippen LogP contribution in [0.3, 0.4) is 0 Å². The summed E-state index contributed by atoms with van der Waals surface area (Å²) in [6.45, 7) is 3.77. The Morgan fingerprint density at radius 2 is 1.27 bits per heavy atom. The van der Waals surface area contributed by atoms with Crippen LogP contribution in [0.15, 0.2) is 24.3 Å². The first-order chi connectivity index (χ1) is 15.8. The third-order valence-corrected chi connectivity index (χ3v) is 8.56. The summed E-state index contributed by atoms with van der Waals surface area (Å²) in [5, 5.41) is 0. The van der Waals surface area contributed by atoms with E-state index < -0.39 is 23.8 Å². The number of unbranched alkanes of at least 4 members (excludes halogenated alkanes) is 3. The molecule has 0 atom stereocenters. The van der Waals surface area contributed by atoms with E-state index in [2.05, 4.69) is 6.92 Å². The average Bonchev–Trinajstić information content (AvgIpc) is 2.82. The number of hydrogen-bond acceptors (Lipinski definition) is 0. The van der Waals surface area contributed by atoms with Gasteiger partial charge in [-0.3, -0.25) is 0 Å². The standard InChI is InChI=1S/C29H44F4/c1-3-5-6-7-8-22-9-11-23(12-10-22)24-13-15-25(16-14-24)26-17-19-27(20-18-26)29(32,33)28(30,31)21-4-2/h17-20,22-25H,3-16,21H2,1-2H3. The Hall–Kier alpha value is -1.06. The van der Waals surface area contributed by atoms with Crippen molar-refractivity contribution in [2.45, 2.75) is 128 Å². The maximum atomic E-state index is 14.3. The molecule has 0 aromatic heterocycles. The molecule has 0 aliphatic heterocycles. The van der Waals surface area contributed by atoms with Gasteiger partial charge in [0.25, 0.3) is 0 Å². The molecule has 2 aliphatic rings. The van der Waals surface area contributed by atoms with E-state index in [0.717, 1.165) is 36.2 Å². The molecule has 0 nitrogen and oxygen atoms in total. The predicted molar refractivity (Wildman–Crippen MR) is 129 cm³/mol. The van der Waals surface area contributed by atoms with Gasteiger partial charge in [0.1, 0.15) is 0 Å². The highest BCUT2D eigenvalue weighted by molar-refractivity contribution is 5.29. The summed E-state index contributed by atoms with van der Waals surface area (Å²) in [5.41, 5.74) is 0.465. The lowest BCUT2D eigenvalue weighted by Crippen LogP contribution is -2.37. The molecule has 2 aliphatic carbocycles. The van der Waals surface area contributed by atoms with Gasteiger partial charge in [-0.05, 0) is 67.8 Å². The van der Waals surface area contributed by atoms with Crippen molar-refractivity contribution >= 4 is 0 Å². The van der Waals surface area contributed by atoms with E-state index in [1.807, 2.05) is 0 Å². The first-order valence-electron chi connectivity index (χ1n) is 13.6. The Morgan fingerprint density at radius 3 is 1.82 bits per heavy atom. The lowest BCUT2D eigenvalue weighted by Gasteiger charge is -2.38. The van der Waals surface area contributed by atoms with E-state index in [0.29, 0.717) is 5.92 Å². The minimum Gasteiger partial charge on any atom is -0.199 e. The molecule has 0 N–H and O–H groups in total. The average molecular weight is 469 g/mol. The molecule has 1 aromatic carbocycles. The Labute approximate surface area is 198 Å². The second-order valence-corrected chi connectivity index (χ2v) is 10.9. The number of halogens is 4. The smallest absolute Gasteiger partial charge is 0.199 e. The van der Waals surface area contributed by atoms with Crippen molar-refractivity contribution in [3.63, 3.8) is 0 Å². The van der Waals surface area contributed by atoms with Gasteiger partial charge in [-0.1, -0.05) is 89.5 Å². The molecular weight excluding hydrogens is 424 g/mol. The fraction of sp³-hybridized carbons (Fsp3) is 0.793. The lowest BCUT2D eigenvalue weighted by molar-refractivity contribution is -0.219. The third kappa shape index (κ3) is 6.75. The fourth-order valence-electron chi connectivity index (χ4n) is 6.38. The molecule has 0 radical (unpaired) electrons. The monoisotopic (exact) mass is 468 g/mol. The molecule has 0 unspecified atom stereocenters. The van der Waals surface area contributed by atoms with Gasteiger partial charge in [0.15, 0.2) is 0 Å². The SMILES string of the molecule is CCCCCCC1CCC(C2CCC(c3ccc(C(F)(F)C(F)(F)CCC)cc3)CC2)CC1. The van der Waals surface area contributed by atoms with Crippen LogP contribution < -0.4 is 0 Å². The van der Waals surface area contributed by atoms with E-state index in [1.54, 1.807) is 12.1 Å². The highest BCUT2D eigenvalue weighted by Gasteiger charge is 2.56. The van der Waals surface area contributed by atoms with Crippen molar-refractivity contribution in [3.05, 3.63) is 35.4 Å². The van der Waals surface area contributed by atoms with Gasteiger partial charge >= 0.3 is 11.8 Å². The first-order valence-corrected chi connectivity index (χ1v) is 13.6. The van der Waals surface area contributed by atoms with Crippen LogP contribution in [0.25, 0.3) is 0 Å². The van der Waals surface area contributed by atoms with Gasteiger partial charge in [0.05, 0.1) is 0 Å². The summed E-state index contributed by atoms with van der Waals surface area (Å²) >= 11 is 0. The summed E-state index contributed by atoms with van der Waals surface area (Å²) < 4.78 is 56.5. The minimum atomic E-state index is -4.12. The summed E-state index contributed by atoms with van der Waals surface area (Å²) in [4.78, 5) is 0. The molecule has 4 heteroatoms. The Kier molecular flexibility index (Phi) is 9.71. The van der Waals surface area contributed by atoms with Crippen molar-refractivity contribution in [2.24, 2.45) is 17.8 Å². The Bertz CT molecular complexity index is 680. The Morgan fingerprint density at radius 1 is 0.697 bits per heavy atom. The number of rotatable bonds is 11. The first kappa shape index (κ1) is 26.5. The second-order valence-electron chi connectivity index (χ2n) is 10.9. The molecule has 0 heterocycles. The van der Waals surface area contributed by atoms with E-state index in [4.69, 9.17) is 0 Å². The largest absolute Gasteiger partial charge is 0.335 e. The van der Waals surface area contributed by atoms with Gasteiger partial charge in [-0.15, -0.1) is 0 Å². The Balaban J connectivity index is 1.46. The maximum absolute atomic E-state index is 14.3. The van der Waals surface area contributed by atoms with Gasteiger partial charge in [-0.2, -0.15) is 17.6 Å². The van der Waals surface area contributed by atoms with Gasteiger partial charge in [0, 0.05) is 12.0 Å². The quantitative estimate of drug-likeness (QED) is 0.224. The van der Waals surface area contributed by atoms with Crippen molar-refractivity contribution in [2.75, 3.05) is 0 Å². The molecule has 2 fully saturated rings. The molecular formula is C29H44F4. The lowest BCUT2D eigenvalue weighted by atomic mass is 9.68. The molecule has 188 valence electrons. The van der Waals surface area contributed by atoms with Crippen LogP contribution in [-0.4, -0.2) is 5.92 Å². The van der Waals surface area contributed by atoms with E-state index in [9.17, 15) is 17.6 Å². The molecule has 2 saturated carbocycles. The predicted octanol–water partition coefficient (Wildman–Crippen LogP) is 10.3.